The first kappa shape index (κ1) is 14.6. The van der Waals surface area contributed by atoms with Crippen LogP contribution in [0.25, 0.3) is 0 Å². The highest BCUT2D eigenvalue weighted by Gasteiger charge is 2.53. The summed E-state index contributed by atoms with van der Waals surface area (Å²) in [6.07, 6.45) is -0.349. The number of nitro benzene ring substituents is 1. The van der Waals surface area contributed by atoms with Gasteiger partial charge in [-0.2, -0.15) is 0 Å². The van der Waals surface area contributed by atoms with Gasteiger partial charge in [-0.15, -0.1) is 0 Å². The number of hydrogen-bond donors (Lipinski definition) is 0. The van der Waals surface area contributed by atoms with Crippen LogP contribution in [0.3, 0.4) is 0 Å². The SMILES string of the molecule is O=C1OCC2ON(c3ccccc3)C(c3ccc([N+](=O)[O-])cc3)C12. The second-order valence-corrected chi connectivity index (χ2v) is 5.75. The summed E-state index contributed by atoms with van der Waals surface area (Å²) >= 11 is 0. The summed E-state index contributed by atoms with van der Waals surface area (Å²) < 4.78 is 5.12. The van der Waals surface area contributed by atoms with E-state index in [2.05, 4.69) is 0 Å². The Morgan fingerprint density at radius 1 is 1.08 bits per heavy atom. The Morgan fingerprint density at radius 2 is 1.79 bits per heavy atom. The van der Waals surface area contributed by atoms with Gasteiger partial charge in [0.1, 0.15) is 18.6 Å². The van der Waals surface area contributed by atoms with E-state index in [0.29, 0.717) is 0 Å². The topological polar surface area (TPSA) is 81.9 Å². The number of hydrogen-bond acceptors (Lipinski definition) is 6. The number of benzene rings is 2. The highest BCUT2D eigenvalue weighted by Crippen LogP contribution is 2.45. The van der Waals surface area contributed by atoms with E-state index in [0.717, 1.165) is 11.3 Å². The van der Waals surface area contributed by atoms with Gasteiger partial charge < -0.3 is 4.74 Å². The molecule has 2 aliphatic heterocycles. The van der Waals surface area contributed by atoms with Crippen molar-refractivity contribution in [3.05, 3.63) is 70.3 Å². The molecule has 2 heterocycles. The molecule has 7 heteroatoms. The zero-order valence-corrected chi connectivity index (χ0v) is 12.6. The van der Waals surface area contributed by atoms with Crippen LogP contribution in [0, 0.1) is 16.0 Å². The van der Waals surface area contributed by atoms with Crippen LogP contribution in [0.15, 0.2) is 54.6 Å². The van der Waals surface area contributed by atoms with Crippen molar-refractivity contribution >= 4 is 17.3 Å². The number of nitro groups is 1. The predicted molar refractivity (Wildman–Crippen MR) is 84.1 cm³/mol. The van der Waals surface area contributed by atoms with Gasteiger partial charge >= 0.3 is 5.97 Å². The molecule has 2 saturated heterocycles. The Morgan fingerprint density at radius 3 is 2.46 bits per heavy atom. The van der Waals surface area contributed by atoms with E-state index in [1.54, 1.807) is 17.2 Å². The highest BCUT2D eigenvalue weighted by molar-refractivity contribution is 5.78. The molecule has 0 aromatic heterocycles. The fraction of sp³-hybridized carbons (Fsp3) is 0.235. The van der Waals surface area contributed by atoms with E-state index in [-0.39, 0.29) is 30.4 Å². The molecule has 7 nitrogen and oxygen atoms in total. The molecule has 0 radical (unpaired) electrons. The van der Waals surface area contributed by atoms with Crippen LogP contribution in [0.5, 0.6) is 0 Å². The fourth-order valence-corrected chi connectivity index (χ4v) is 3.23. The van der Waals surface area contributed by atoms with Crippen molar-refractivity contribution in [1.29, 1.82) is 0 Å². The molecule has 0 N–H and O–H groups in total. The van der Waals surface area contributed by atoms with Crippen LogP contribution in [-0.4, -0.2) is 23.6 Å². The summed E-state index contributed by atoms with van der Waals surface area (Å²) in [4.78, 5) is 28.5. The molecule has 3 unspecified atom stereocenters. The first-order valence-electron chi connectivity index (χ1n) is 7.57. The Balaban J connectivity index is 1.75. The van der Waals surface area contributed by atoms with Crippen LogP contribution < -0.4 is 5.06 Å². The lowest BCUT2D eigenvalue weighted by Crippen LogP contribution is -2.27. The molecule has 2 fully saturated rings. The van der Waals surface area contributed by atoms with E-state index in [1.165, 1.54) is 12.1 Å². The number of carbonyl (C=O) groups excluding carboxylic acids is 1. The molecular weight excluding hydrogens is 312 g/mol. The van der Waals surface area contributed by atoms with Crippen molar-refractivity contribution in [2.75, 3.05) is 11.7 Å². The van der Waals surface area contributed by atoms with E-state index in [1.807, 2.05) is 30.3 Å². The van der Waals surface area contributed by atoms with Crippen molar-refractivity contribution in [3.63, 3.8) is 0 Å². The van der Waals surface area contributed by atoms with Gasteiger partial charge in [-0.3, -0.25) is 19.7 Å². The highest BCUT2D eigenvalue weighted by atomic mass is 16.7. The van der Waals surface area contributed by atoms with Crippen LogP contribution >= 0.6 is 0 Å². The Bertz CT molecular complexity index is 777. The van der Waals surface area contributed by atoms with Crippen molar-refractivity contribution in [1.82, 2.24) is 0 Å². The molecule has 2 aromatic rings. The zero-order chi connectivity index (χ0) is 16.7. The van der Waals surface area contributed by atoms with Gasteiger partial charge in [0.05, 0.1) is 16.7 Å². The minimum Gasteiger partial charge on any atom is -0.462 e. The summed E-state index contributed by atoms with van der Waals surface area (Å²) in [5, 5.41) is 12.6. The number of carbonyl (C=O) groups is 1. The smallest absolute Gasteiger partial charge is 0.314 e. The van der Waals surface area contributed by atoms with Gasteiger partial charge in [-0.05, 0) is 17.7 Å². The zero-order valence-electron chi connectivity index (χ0n) is 12.6. The normalized spacial score (nSPS) is 25.4. The average molecular weight is 326 g/mol. The standard InChI is InChI=1S/C17H14N2O5/c20-17-15-14(10-23-17)24-18(12-4-2-1-3-5-12)16(15)11-6-8-13(9-7-11)19(21)22/h1-9,14-16H,10H2. The number of rotatable bonds is 3. The van der Waals surface area contributed by atoms with E-state index in [9.17, 15) is 14.9 Å². The molecule has 0 bridgehead atoms. The number of ether oxygens (including phenoxy) is 1. The molecule has 0 spiro atoms. The third-order valence-electron chi connectivity index (χ3n) is 4.36. The maximum Gasteiger partial charge on any atom is 0.314 e. The molecule has 0 amide bonds. The fourth-order valence-electron chi connectivity index (χ4n) is 3.23. The van der Waals surface area contributed by atoms with Crippen molar-refractivity contribution in [2.24, 2.45) is 5.92 Å². The van der Waals surface area contributed by atoms with Crippen molar-refractivity contribution < 1.29 is 19.3 Å². The molecule has 2 aromatic carbocycles. The van der Waals surface area contributed by atoms with Gasteiger partial charge in [-0.25, -0.2) is 5.06 Å². The number of nitrogens with zero attached hydrogens (tertiary/aromatic N) is 2. The second kappa shape index (κ2) is 5.61. The Labute approximate surface area is 137 Å². The summed E-state index contributed by atoms with van der Waals surface area (Å²) in [5.74, 6) is -0.756. The number of cyclic esters (lactones) is 1. The maximum atomic E-state index is 12.2. The van der Waals surface area contributed by atoms with Gasteiger partial charge in [0, 0.05) is 12.1 Å². The summed E-state index contributed by atoms with van der Waals surface area (Å²) in [6.45, 7) is 0.219. The van der Waals surface area contributed by atoms with Crippen LogP contribution in [0.4, 0.5) is 11.4 Å². The number of anilines is 1. The monoisotopic (exact) mass is 326 g/mol. The molecule has 4 rings (SSSR count). The maximum absolute atomic E-state index is 12.2. The van der Waals surface area contributed by atoms with E-state index in [4.69, 9.17) is 9.57 Å². The first-order valence-corrected chi connectivity index (χ1v) is 7.57. The molecular formula is C17H14N2O5. The van der Waals surface area contributed by atoms with E-state index < -0.39 is 10.8 Å². The number of fused-ring (bicyclic) bond motifs is 1. The lowest BCUT2D eigenvalue weighted by atomic mass is 9.91. The van der Waals surface area contributed by atoms with Gasteiger partial charge in [0.2, 0.25) is 0 Å². The first-order chi connectivity index (χ1) is 11.6. The minimum absolute atomic E-state index is 0.00877. The number of esters is 1. The van der Waals surface area contributed by atoms with Crippen LogP contribution in [0.1, 0.15) is 11.6 Å². The average Bonchev–Trinajstić information content (AvgIpc) is 3.16. The van der Waals surface area contributed by atoms with Crippen molar-refractivity contribution in [3.8, 4) is 0 Å². The number of non-ortho nitro benzene ring substituents is 1. The largest absolute Gasteiger partial charge is 0.462 e. The van der Waals surface area contributed by atoms with Crippen LogP contribution in [-0.2, 0) is 14.4 Å². The third kappa shape index (κ3) is 2.30. The predicted octanol–water partition coefficient (Wildman–Crippen LogP) is 2.63. The molecule has 24 heavy (non-hydrogen) atoms. The molecule has 2 aliphatic rings. The number of hydroxylamine groups is 1. The summed E-state index contributed by atoms with van der Waals surface area (Å²) in [5.41, 5.74) is 1.60. The van der Waals surface area contributed by atoms with E-state index >= 15 is 0 Å². The summed E-state index contributed by atoms with van der Waals surface area (Å²) in [7, 11) is 0. The molecule has 0 saturated carbocycles. The number of para-hydroxylation sites is 1. The summed E-state index contributed by atoms with van der Waals surface area (Å²) in [6, 6.07) is 15.3. The Hall–Kier alpha value is -2.93. The Kier molecular flexibility index (Phi) is 3.42. The lowest BCUT2D eigenvalue weighted by Gasteiger charge is -2.27. The minimum atomic E-state index is -0.452. The molecule has 3 atom stereocenters. The van der Waals surface area contributed by atoms with Gasteiger partial charge in [0.25, 0.3) is 5.69 Å². The lowest BCUT2D eigenvalue weighted by molar-refractivity contribution is -0.384. The molecule has 0 aliphatic carbocycles. The molecule has 122 valence electrons. The van der Waals surface area contributed by atoms with Crippen LogP contribution in [0.2, 0.25) is 0 Å². The third-order valence-corrected chi connectivity index (χ3v) is 4.36. The van der Waals surface area contributed by atoms with Crippen molar-refractivity contribution in [2.45, 2.75) is 12.1 Å². The van der Waals surface area contributed by atoms with Gasteiger partial charge in [-0.1, -0.05) is 30.3 Å². The quantitative estimate of drug-likeness (QED) is 0.490. The second-order valence-electron chi connectivity index (χ2n) is 5.75. The van der Waals surface area contributed by atoms with Gasteiger partial charge in [0.15, 0.2) is 0 Å².